The van der Waals surface area contributed by atoms with Crippen LogP contribution >= 0.6 is 0 Å². The van der Waals surface area contributed by atoms with Gasteiger partial charge >= 0.3 is 0 Å². The first-order valence-corrected chi connectivity index (χ1v) is 24.1. The molecule has 6 aliphatic heterocycles. The molecule has 13 atom stereocenters. The number of rotatable bonds is 3. The standard InChI is InChI=1S/C19H21NO3.C18H21NO3.C17H19NO3/c1-20-9-8-19-12-5-7-15(22-3)18(19)23-17-14(21-2)6-4-11(16(17)19)10-13(12)20;1-19-8-7-18-11-4-5-13(20)17(18)22-16-14(21-2)6-3-10(15(16)18)9-12(11)19;1-18-7-6-17-10-3-5-13(20)16(17)21-15-12(19)4-2-9(14(15)17)8-11(10)18/h4-7,13,18H,8-10H2,1-3H3;3-6,11-13,17,20H,7-9H2,1-2H3;2-5,10-11,13,16,19-20H,6-8H2,1H3/t13-,18+,19+;11-,12+,13-,17-,18-;10-,11+,13-,16-,17-/m100/s1. The number of benzene rings is 3. The van der Waals surface area contributed by atoms with Crippen LogP contribution in [0.4, 0.5) is 0 Å². The first kappa shape index (κ1) is 41.2. The van der Waals surface area contributed by atoms with Gasteiger partial charge in [-0.2, -0.15) is 0 Å². The van der Waals surface area contributed by atoms with E-state index in [4.69, 9.17) is 28.4 Å². The SMILES string of the molecule is CN1CC[C@]23c4c5ccc(O)c4O[C@H]2[C@@H](O)C=C[C@H]3[C@H]1C5.COC1=CC=C2[C@H]3Cc4ccc(OC)c5c4[C@@]2(CCN3C)[C@H]1O5.COc1ccc2c3c1O[C@H]1[C@@H](O)C=C[C@H]4[C@@H](C2)N(C)CC[C@@]341. The Labute approximate surface area is 386 Å². The van der Waals surface area contributed by atoms with Gasteiger partial charge in [0.15, 0.2) is 40.6 Å². The number of piperidine rings is 3. The molecule has 15 rings (SSSR count). The number of likely N-dealkylation sites (N-methyl/N-ethyl adjacent to an activating group) is 3. The summed E-state index contributed by atoms with van der Waals surface area (Å²) in [7, 11) is 11.8. The van der Waals surface area contributed by atoms with Crippen molar-refractivity contribution < 1.29 is 43.7 Å². The summed E-state index contributed by atoms with van der Waals surface area (Å²) < 4.78 is 35.6. The number of ether oxygens (including phenoxy) is 6. The van der Waals surface area contributed by atoms with Gasteiger partial charge in [-0.1, -0.05) is 48.6 Å². The van der Waals surface area contributed by atoms with E-state index in [-0.39, 0.29) is 40.3 Å². The van der Waals surface area contributed by atoms with Crippen LogP contribution in [0.15, 0.2) is 84.2 Å². The Morgan fingerprint density at radius 2 is 1.11 bits per heavy atom. The number of phenols is 1. The molecular formula is C54H61N3O9. The minimum Gasteiger partial charge on any atom is -0.504 e. The summed E-state index contributed by atoms with van der Waals surface area (Å²) in [5.74, 6) is 5.96. The third-order valence-corrected chi connectivity index (χ3v) is 18.7. The predicted octanol–water partition coefficient (Wildman–Crippen LogP) is 5.12. The van der Waals surface area contributed by atoms with E-state index in [1.165, 1.54) is 39.0 Å². The maximum Gasteiger partial charge on any atom is 0.169 e. The molecule has 66 heavy (non-hydrogen) atoms. The number of aliphatic hydroxyl groups is 2. The minimum atomic E-state index is -0.594. The van der Waals surface area contributed by atoms with Gasteiger partial charge in [-0.15, -0.1) is 0 Å². The number of phenolic OH excluding ortho intramolecular Hbond substituents is 1. The van der Waals surface area contributed by atoms with Gasteiger partial charge in [-0.05, 0) is 126 Å². The molecule has 12 aliphatic rings. The molecule has 12 heteroatoms. The zero-order chi connectivity index (χ0) is 45.2. The number of aliphatic hydroxyl groups excluding tert-OH is 2. The number of hydrogen-bond donors (Lipinski definition) is 3. The molecule has 12 nitrogen and oxygen atoms in total. The molecule has 6 aliphatic carbocycles. The van der Waals surface area contributed by atoms with Crippen LogP contribution in [0.2, 0.25) is 0 Å². The molecule has 0 radical (unpaired) electrons. The Hall–Kier alpha value is -4.98. The van der Waals surface area contributed by atoms with Gasteiger partial charge < -0.3 is 53.5 Å². The molecule has 3 N–H and O–H groups in total. The smallest absolute Gasteiger partial charge is 0.169 e. The monoisotopic (exact) mass is 895 g/mol. The van der Waals surface area contributed by atoms with Gasteiger partial charge in [0.1, 0.15) is 30.2 Å². The largest absolute Gasteiger partial charge is 0.504 e. The van der Waals surface area contributed by atoms with E-state index in [1.807, 2.05) is 30.4 Å². The number of nitrogens with zero attached hydrogens (tertiary/aromatic N) is 3. The van der Waals surface area contributed by atoms with Crippen molar-refractivity contribution in [3.63, 3.8) is 0 Å². The second kappa shape index (κ2) is 14.3. The van der Waals surface area contributed by atoms with Crippen LogP contribution in [-0.4, -0.2) is 141 Å². The maximum absolute atomic E-state index is 10.6. The third kappa shape index (κ3) is 5.02. The fraction of sp³-hybridized carbons (Fsp3) is 0.519. The average Bonchev–Trinajstić information content (AvgIpc) is 4.00. The number of hydrogen-bond acceptors (Lipinski definition) is 12. The van der Waals surface area contributed by atoms with Crippen molar-refractivity contribution in [3.05, 3.63) is 118 Å². The van der Waals surface area contributed by atoms with E-state index in [0.29, 0.717) is 35.7 Å². The lowest BCUT2D eigenvalue weighted by molar-refractivity contribution is -0.0453. The van der Waals surface area contributed by atoms with Crippen molar-refractivity contribution in [2.45, 2.75) is 103 Å². The molecule has 0 aromatic heterocycles. The summed E-state index contributed by atoms with van der Waals surface area (Å²) >= 11 is 0. The molecule has 3 spiro atoms. The van der Waals surface area contributed by atoms with E-state index in [1.54, 1.807) is 27.4 Å². The van der Waals surface area contributed by atoms with Gasteiger partial charge in [0.25, 0.3) is 0 Å². The Balaban J connectivity index is 0.0000000989. The summed E-state index contributed by atoms with van der Waals surface area (Å²) in [6.45, 7) is 3.14. The van der Waals surface area contributed by atoms with Gasteiger partial charge in [0.05, 0.1) is 26.7 Å². The quantitative estimate of drug-likeness (QED) is 0.303. The van der Waals surface area contributed by atoms with Gasteiger partial charge in [-0.3, -0.25) is 4.90 Å². The average molecular weight is 896 g/mol. The van der Waals surface area contributed by atoms with Crippen LogP contribution in [0, 0.1) is 11.8 Å². The highest BCUT2D eigenvalue weighted by Gasteiger charge is 2.66. The molecule has 0 amide bonds. The first-order chi connectivity index (χ1) is 32.0. The Morgan fingerprint density at radius 1 is 0.576 bits per heavy atom. The summed E-state index contributed by atoms with van der Waals surface area (Å²) in [6, 6.07) is 13.6. The molecule has 3 aromatic carbocycles. The van der Waals surface area contributed by atoms with Crippen molar-refractivity contribution in [2.75, 3.05) is 62.1 Å². The Bertz CT molecular complexity index is 2700. The van der Waals surface area contributed by atoms with Crippen molar-refractivity contribution in [3.8, 4) is 34.5 Å². The van der Waals surface area contributed by atoms with E-state index in [0.717, 1.165) is 86.9 Å². The van der Waals surface area contributed by atoms with E-state index >= 15 is 0 Å². The summed E-state index contributed by atoms with van der Waals surface area (Å²) in [6.07, 6.45) is 17.1. The fourth-order valence-electron chi connectivity index (χ4n) is 15.7. The van der Waals surface area contributed by atoms with Crippen molar-refractivity contribution >= 4 is 0 Å². The van der Waals surface area contributed by atoms with Gasteiger partial charge in [-0.25, -0.2) is 0 Å². The third-order valence-electron chi connectivity index (χ3n) is 18.7. The van der Waals surface area contributed by atoms with Crippen LogP contribution in [0.3, 0.4) is 0 Å². The van der Waals surface area contributed by atoms with Crippen molar-refractivity contribution in [1.82, 2.24) is 14.7 Å². The summed E-state index contributed by atoms with van der Waals surface area (Å²) in [5, 5.41) is 31.2. The van der Waals surface area contributed by atoms with Crippen LogP contribution in [0.1, 0.15) is 52.6 Å². The second-order valence-electron chi connectivity index (χ2n) is 21.0. The van der Waals surface area contributed by atoms with E-state index < -0.39 is 12.2 Å². The molecule has 3 saturated heterocycles. The molecule has 0 unspecified atom stereocenters. The number of methoxy groups -OCH3 is 3. The number of aromatic hydroxyl groups is 1. The van der Waals surface area contributed by atoms with Gasteiger partial charge in [0, 0.05) is 57.5 Å². The highest BCUT2D eigenvalue weighted by molar-refractivity contribution is 5.68. The molecular weight excluding hydrogens is 835 g/mol. The molecule has 3 fully saturated rings. The van der Waals surface area contributed by atoms with Crippen LogP contribution in [-0.2, 0) is 40.2 Å². The zero-order valence-corrected chi connectivity index (χ0v) is 38.7. The number of allylic oxidation sites excluding steroid dienone is 2. The molecule has 6 bridgehead atoms. The predicted molar refractivity (Wildman–Crippen MR) is 247 cm³/mol. The summed E-state index contributed by atoms with van der Waals surface area (Å²) in [4.78, 5) is 7.38. The highest BCUT2D eigenvalue weighted by Crippen LogP contribution is 2.65. The summed E-state index contributed by atoms with van der Waals surface area (Å²) in [5.41, 5.74) is 9.05. The van der Waals surface area contributed by atoms with Crippen LogP contribution < -0.4 is 23.7 Å². The Kier molecular flexibility index (Phi) is 8.92. The van der Waals surface area contributed by atoms with E-state index in [9.17, 15) is 15.3 Å². The molecule has 0 saturated carbocycles. The van der Waals surface area contributed by atoms with Crippen LogP contribution in [0.5, 0.6) is 34.5 Å². The van der Waals surface area contributed by atoms with Crippen LogP contribution in [0.25, 0.3) is 0 Å². The van der Waals surface area contributed by atoms with E-state index in [2.05, 4.69) is 72.3 Å². The molecule has 3 aromatic rings. The second-order valence-corrected chi connectivity index (χ2v) is 21.0. The van der Waals surface area contributed by atoms with Crippen molar-refractivity contribution in [2.24, 2.45) is 11.8 Å². The maximum atomic E-state index is 10.6. The fourth-order valence-corrected chi connectivity index (χ4v) is 15.7. The number of likely N-dealkylation sites (tertiary alicyclic amines) is 3. The molecule has 346 valence electrons. The normalized spacial score (nSPS) is 38.8. The minimum absolute atomic E-state index is 0.0611. The molecule has 6 heterocycles. The lowest BCUT2D eigenvalue weighted by Gasteiger charge is -2.56. The van der Waals surface area contributed by atoms with Crippen molar-refractivity contribution in [1.29, 1.82) is 0 Å². The topological polar surface area (TPSA) is 126 Å². The lowest BCUT2D eigenvalue weighted by Crippen LogP contribution is -2.64. The first-order valence-electron chi connectivity index (χ1n) is 24.1. The zero-order valence-electron chi connectivity index (χ0n) is 38.7. The Morgan fingerprint density at radius 3 is 1.70 bits per heavy atom. The lowest BCUT2D eigenvalue weighted by atomic mass is 9.53. The van der Waals surface area contributed by atoms with Gasteiger partial charge in [0.2, 0.25) is 0 Å². The highest BCUT2D eigenvalue weighted by atomic mass is 16.6.